The van der Waals surface area contributed by atoms with Crippen LogP contribution in [0.2, 0.25) is 0 Å². The Morgan fingerprint density at radius 2 is 2.00 bits per heavy atom. The van der Waals surface area contributed by atoms with Crippen molar-refractivity contribution in [1.29, 1.82) is 0 Å². The Hall–Kier alpha value is -2.52. The van der Waals surface area contributed by atoms with E-state index in [0.29, 0.717) is 0 Å². The maximum absolute atomic E-state index is 13.3. The largest absolute Gasteiger partial charge is 0.742 e. The minimum atomic E-state index is -4.69. The molecular formula is C12H8FN2O5S-. The standard InChI is InChI=1S/C12H9FN2O5S/c13-10-4-2-1-3-9(10)12(16)15-14-7-8-5-6-11(20-8)21(17,18)19/h1-7H,(H,15,16)(H,17,18,19)/p-1. The van der Waals surface area contributed by atoms with Crippen molar-refractivity contribution in [2.75, 3.05) is 0 Å². The minimum Gasteiger partial charge on any atom is -0.742 e. The van der Waals surface area contributed by atoms with E-state index in [1.54, 1.807) is 0 Å². The van der Waals surface area contributed by atoms with Crippen LogP contribution >= 0.6 is 0 Å². The topological polar surface area (TPSA) is 112 Å². The van der Waals surface area contributed by atoms with Gasteiger partial charge in [-0.05, 0) is 24.3 Å². The Morgan fingerprint density at radius 3 is 2.62 bits per heavy atom. The Kier molecular flexibility index (Phi) is 4.15. The summed E-state index contributed by atoms with van der Waals surface area (Å²) in [6.45, 7) is 0. The zero-order valence-electron chi connectivity index (χ0n) is 10.3. The molecule has 1 aromatic carbocycles. The second-order valence-corrected chi connectivity index (χ2v) is 5.10. The fourth-order valence-electron chi connectivity index (χ4n) is 1.40. The number of rotatable bonds is 4. The predicted molar refractivity (Wildman–Crippen MR) is 68.1 cm³/mol. The highest BCUT2D eigenvalue weighted by atomic mass is 32.2. The summed E-state index contributed by atoms with van der Waals surface area (Å²) in [5.74, 6) is -1.55. The summed E-state index contributed by atoms with van der Waals surface area (Å²) >= 11 is 0. The van der Waals surface area contributed by atoms with Gasteiger partial charge < -0.3 is 8.97 Å². The Balaban J connectivity index is 2.05. The van der Waals surface area contributed by atoms with Gasteiger partial charge in [0.1, 0.15) is 11.6 Å². The summed E-state index contributed by atoms with van der Waals surface area (Å²) in [4.78, 5) is 11.6. The first-order valence-corrected chi connectivity index (χ1v) is 6.92. The van der Waals surface area contributed by atoms with Gasteiger partial charge in [-0.3, -0.25) is 4.79 Å². The molecule has 0 spiro atoms. The molecule has 21 heavy (non-hydrogen) atoms. The molecule has 0 fully saturated rings. The zero-order chi connectivity index (χ0) is 15.5. The van der Waals surface area contributed by atoms with Crippen LogP contribution in [0.1, 0.15) is 16.1 Å². The van der Waals surface area contributed by atoms with Crippen molar-refractivity contribution < 1.29 is 26.6 Å². The Bertz CT molecular complexity index is 797. The van der Waals surface area contributed by atoms with Gasteiger partial charge in [0, 0.05) is 0 Å². The molecule has 0 aliphatic heterocycles. The van der Waals surface area contributed by atoms with E-state index >= 15 is 0 Å². The summed E-state index contributed by atoms with van der Waals surface area (Å²) in [6.07, 6.45) is 0.980. The van der Waals surface area contributed by atoms with E-state index in [1.807, 2.05) is 5.43 Å². The number of nitrogens with zero attached hydrogens (tertiary/aromatic N) is 1. The fourth-order valence-corrected chi connectivity index (χ4v) is 1.83. The van der Waals surface area contributed by atoms with Gasteiger partial charge in [-0.25, -0.2) is 18.2 Å². The van der Waals surface area contributed by atoms with Gasteiger partial charge in [0.15, 0.2) is 10.1 Å². The van der Waals surface area contributed by atoms with E-state index in [0.717, 1.165) is 18.3 Å². The summed E-state index contributed by atoms with van der Waals surface area (Å²) in [7, 11) is -4.69. The Morgan fingerprint density at radius 1 is 1.29 bits per heavy atom. The van der Waals surface area contributed by atoms with Gasteiger partial charge in [0.05, 0.1) is 11.8 Å². The highest BCUT2D eigenvalue weighted by Gasteiger charge is 2.10. The first-order valence-electron chi connectivity index (χ1n) is 5.51. The predicted octanol–water partition coefficient (Wildman–Crippen LogP) is 1.09. The van der Waals surface area contributed by atoms with Gasteiger partial charge >= 0.3 is 0 Å². The van der Waals surface area contributed by atoms with E-state index in [-0.39, 0.29) is 11.3 Å². The molecule has 1 heterocycles. The lowest BCUT2D eigenvalue weighted by Crippen LogP contribution is -2.18. The van der Waals surface area contributed by atoms with E-state index in [2.05, 4.69) is 9.52 Å². The normalized spacial score (nSPS) is 11.7. The average molecular weight is 311 g/mol. The number of nitrogens with one attached hydrogen (secondary N) is 1. The summed E-state index contributed by atoms with van der Waals surface area (Å²) < 4.78 is 49.9. The molecule has 2 rings (SSSR count). The first kappa shape index (κ1) is 14.9. The van der Waals surface area contributed by atoms with Crippen molar-refractivity contribution in [3.8, 4) is 0 Å². The molecule has 9 heteroatoms. The van der Waals surface area contributed by atoms with Crippen LogP contribution in [0.25, 0.3) is 0 Å². The first-order chi connectivity index (χ1) is 9.88. The third-order valence-corrected chi connectivity index (χ3v) is 3.04. The molecule has 0 saturated carbocycles. The van der Waals surface area contributed by atoms with Crippen molar-refractivity contribution in [3.05, 3.63) is 53.5 Å². The molecule has 1 N–H and O–H groups in total. The third-order valence-electron chi connectivity index (χ3n) is 2.32. The van der Waals surface area contributed by atoms with Crippen molar-refractivity contribution in [1.82, 2.24) is 5.43 Å². The third kappa shape index (κ3) is 3.74. The van der Waals surface area contributed by atoms with Crippen molar-refractivity contribution in [2.45, 2.75) is 5.09 Å². The van der Waals surface area contributed by atoms with Crippen LogP contribution in [0.15, 0.2) is 51.0 Å². The van der Waals surface area contributed by atoms with Gasteiger partial charge in [0.2, 0.25) is 5.09 Å². The number of hydrogen-bond donors (Lipinski definition) is 1. The molecule has 0 aliphatic carbocycles. The summed E-state index contributed by atoms with van der Waals surface area (Å²) in [5, 5.41) is 2.71. The maximum atomic E-state index is 13.3. The highest BCUT2D eigenvalue weighted by molar-refractivity contribution is 7.85. The van der Waals surface area contributed by atoms with Crippen LogP contribution in [0.3, 0.4) is 0 Å². The van der Waals surface area contributed by atoms with Gasteiger partial charge in [0.25, 0.3) is 5.91 Å². The molecule has 0 saturated heterocycles. The number of hydrogen-bond acceptors (Lipinski definition) is 6. The van der Waals surface area contributed by atoms with E-state index in [9.17, 15) is 22.2 Å². The highest BCUT2D eigenvalue weighted by Crippen LogP contribution is 2.11. The second-order valence-electron chi connectivity index (χ2n) is 3.79. The number of carbonyl (C=O) groups is 1. The molecule has 1 aromatic heterocycles. The monoisotopic (exact) mass is 311 g/mol. The van der Waals surface area contributed by atoms with Gasteiger partial charge in [-0.1, -0.05) is 12.1 Å². The lowest BCUT2D eigenvalue weighted by molar-refractivity contribution is 0.0951. The summed E-state index contributed by atoms with van der Waals surface area (Å²) in [6, 6.07) is 7.46. The van der Waals surface area contributed by atoms with Crippen molar-refractivity contribution in [2.24, 2.45) is 5.10 Å². The van der Waals surface area contributed by atoms with E-state index < -0.39 is 26.9 Å². The molecular weight excluding hydrogens is 303 g/mol. The maximum Gasteiger partial charge on any atom is 0.274 e. The molecule has 0 radical (unpaired) electrons. The van der Waals surface area contributed by atoms with E-state index in [1.165, 1.54) is 24.3 Å². The number of hydrazone groups is 1. The molecule has 0 aliphatic rings. The average Bonchev–Trinajstić information content (AvgIpc) is 2.88. The molecule has 0 bridgehead atoms. The number of benzene rings is 1. The van der Waals surface area contributed by atoms with Crippen LogP contribution in [0, 0.1) is 5.82 Å². The molecule has 110 valence electrons. The Labute approximate surface area is 118 Å². The van der Waals surface area contributed by atoms with Gasteiger partial charge in [-0.2, -0.15) is 5.10 Å². The van der Waals surface area contributed by atoms with Crippen LogP contribution in [-0.4, -0.2) is 25.1 Å². The number of amides is 1. The van der Waals surface area contributed by atoms with Crippen LogP contribution in [-0.2, 0) is 10.1 Å². The second kappa shape index (κ2) is 5.85. The number of halogens is 1. The molecule has 0 unspecified atom stereocenters. The van der Waals surface area contributed by atoms with Crippen LogP contribution in [0.4, 0.5) is 4.39 Å². The van der Waals surface area contributed by atoms with Crippen molar-refractivity contribution >= 4 is 22.2 Å². The van der Waals surface area contributed by atoms with E-state index in [4.69, 9.17) is 0 Å². The molecule has 1 amide bonds. The molecule has 0 atom stereocenters. The molecule has 2 aromatic rings. The van der Waals surface area contributed by atoms with Crippen LogP contribution in [0.5, 0.6) is 0 Å². The number of carbonyl (C=O) groups excluding carboxylic acids is 1. The quantitative estimate of drug-likeness (QED) is 0.516. The molecule has 7 nitrogen and oxygen atoms in total. The number of furan rings is 1. The smallest absolute Gasteiger partial charge is 0.274 e. The minimum absolute atomic E-state index is 0.0572. The SMILES string of the molecule is O=C(NN=Cc1ccc(S(=O)(=O)[O-])o1)c1ccccc1F. The zero-order valence-corrected chi connectivity index (χ0v) is 11.1. The lowest BCUT2D eigenvalue weighted by Gasteiger charge is -2.01. The van der Waals surface area contributed by atoms with Gasteiger partial charge in [-0.15, -0.1) is 0 Å². The summed E-state index contributed by atoms with van der Waals surface area (Å²) in [5.41, 5.74) is 1.84. The lowest BCUT2D eigenvalue weighted by atomic mass is 10.2. The van der Waals surface area contributed by atoms with Crippen LogP contribution < -0.4 is 5.43 Å². The van der Waals surface area contributed by atoms with Crippen molar-refractivity contribution in [3.63, 3.8) is 0 Å². The fraction of sp³-hybridized carbons (Fsp3) is 0.